The van der Waals surface area contributed by atoms with E-state index in [-0.39, 0.29) is 29.7 Å². The number of furan rings is 1. The van der Waals surface area contributed by atoms with E-state index in [1.165, 1.54) is 0 Å². The molecule has 94 valence electrons. The lowest BCUT2D eigenvalue weighted by atomic mass is 10.1. The van der Waals surface area contributed by atoms with E-state index in [1.54, 1.807) is 19.1 Å². The van der Waals surface area contributed by atoms with Crippen molar-refractivity contribution in [2.75, 3.05) is 6.54 Å². The second-order valence-corrected chi connectivity index (χ2v) is 4.89. The molecule has 0 aliphatic carbocycles. The van der Waals surface area contributed by atoms with Gasteiger partial charge in [0.05, 0.1) is 6.54 Å². The molecule has 5 nitrogen and oxygen atoms in total. The van der Waals surface area contributed by atoms with Crippen LogP contribution in [0.2, 0.25) is 0 Å². The highest BCUT2D eigenvalue weighted by atomic mass is 16.3. The molecule has 5 heteroatoms. The van der Waals surface area contributed by atoms with Crippen LogP contribution in [0.5, 0.6) is 0 Å². The van der Waals surface area contributed by atoms with Gasteiger partial charge < -0.3 is 15.1 Å². The molecule has 1 aromatic rings. The summed E-state index contributed by atoms with van der Waals surface area (Å²) in [5.41, 5.74) is -0.302. The Morgan fingerprint density at radius 1 is 1.29 bits per heavy atom. The van der Waals surface area contributed by atoms with Crippen molar-refractivity contribution in [2.45, 2.75) is 33.2 Å². The minimum atomic E-state index is -0.387. The van der Waals surface area contributed by atoms with E-state index in [4.69, 9.17) is 4.42 Å². The quantitative estimate of drug-likeness (QED) is 0.832. The van der Waals surface area contributed by atoms with Gasteiger partial charge in [-0.2, -0.15) is 0 Å². The molecule has 0 unspecified atom stereocenters. The maximum Gasteiger partial charge on any atom is 0.287 e. The predicted molar refractivity (Wildman–Crippen MR) is 63.7 cm³/mol. The molecule has 0 aromatic carbocycles. The Balaban J connectivity index is 2.41. The second-order valence-electron chi connectivity index (χ2n) is 4.89. The van der Waals surface area contributed by atoms with Crippen molar-refractivity contribution in [3.8, 4) is 0 Å². The molecule has 0 atom stereocenters. The number of rotatable bonds is 3. The van der Waals surface area contributed by atoms with Crippen LogP contribution >= 0.6 is 0 Å². The molecule has 0 saturated carbocycles. The van der Waals surface area contributed by atoms with Crippen LogP contribution in [0.3, 0.4) is 0 Å². The number of carbonyl (C=O) groups is 2. The number of amides is 2. The lowest BCUT2D eigenvalue weighted by molar-refractivity contribution is -0.121. The summed E-state index contributed by atoms with van der Waals surface area (Å²) in [5, 5.41) is 5.24. The van der Waals surface area contributed by atoms with Gasteiger partial charge >= 0.3 is 0 Å². The van der Waals surface area contributed by atoms with Gasteiger partial charge in [-0.1, -0.05) is 0 Å². The Morgan fingerprint density at radius 2 is 1.94 bits per heavy atom. The number of hydrogen-bond donors (Lipinski definition) is 2. The molecular weight excluding hydrogens is 220 g/mol. The van der Waals surface area contributed by atoms with E-state index in [1.807, 2.05) is 20.8 Å². The number of nitrogens with one attached hydrogen (secondary N) is 2. The van der Waals surface area contributed by atoms with Gasteiger partial charge in [0.15, 0.2) is 5.76 Å². The Kier molecular flexibility index (Phi) is 3.93. The van der Waals surface area contributed by atoms with Gasteiger partial charge in [-0.15, -0.1) is 0 Å². The van der Waals surface area contributed by atoms with E-state index in [0.29, 0.717) is 5.76 Å². The lowest BCUT2D eigenvalue weighted by Crippen LogP contribution is -2.45. The molecule has 1 heterocycles. The Bertz CT molecular complexity index is 416. The van der Waals surface area contributed by atoms with Crippen LogP contribution in [0.15, 0.2) is 16.5 Å². The molecular formula is C12H18N2O3. The fourth-order valence-electron chi connectivity index (χ4n) is 1.27. The first kappa shape index (κ1) is 13.3. The average Bonchev–Trinajstić information content (AvgIpc) is 2.58. The van der Waals surface area contributed by atoms with Gasteiger partial charge in [-0.3, -0.25) is 9.59 Å². The van der Waals surface area contributed by atoms with E-state index in [9.17, 15) is 9.59 Å². The summed E-state index contributed by atoms with van der Waals surface area (Å²) in [6.07, 6.45) is 0. The van der Waals surface area contributed by atoms with Gasteiger partial charge in [0.1, 0.15) is 5.76 Å². The molecule has 1 aromatic heterocycles. The maximum atomic E-state index is 11.5. The first-order chi connectivity index (χ1) is 7.78. The molecule has 0 bridgehead atoms. The molecule has 0 aliphatic rings. The molecule has 0 spiro atoms. The van der Waals surface area contributed by atoms with Crippen molar-refractivity contribution >= 4 is 11.8 Å². The minimum absolute atomic E-state index is 0.0597. The zero-order chi connectivity index (χ0) is 13.1. The van der Waals surface area contributed by atoms with Crippen molar-refractivity contribution in [3.05, 3.63) is 23.7 Å². The van der Waals surface area contributed by atoms with Crippen LogP contribution in [0, 0.1) is 6.92 Å². The zero-order valence-corrected chi connectivity index (χ0v) is 10.6. The summed E-state index contributed by atoms with van der Waals surface area (Å²) in [7, 11) is 0. The molecule has 2 amide bonds. The highest BCUT2D eigenvalue weighted by Gasteiger charge is 2.15. The van der Waals surface area contributed by atoms with Crippen molar-refractivity contribution < 1.29 is 14.0 Å². The van der Waals surface area contributed by atoms with Gasteiger partial charge in [-0.05, 0) is 39.8 Å². The Labute approximate surface area is 101 Å². The number of aryl methyl sites for hydroxylation is 1. The van der Waals surface area contributed by atoms with Gasteiger partial charge in [0, 0.05) is 5.54 Å². The summed E-state index contributed by atoms with van der Waals surface area (Å²) in [6, 6.07) is 3.27. The maximum absolute atomic E-state index is 11.5. The van der Waals surface area contributed by atoms with Crippen LogP contribution in [0.25, 0.3) is 0 Å². The highest BCUT2D eigenvalue weighted by Crippen LogP contribution is 2.05. The fourth-order valence-corrected chi connectivity index (χ4v) is 1.27. The van der Waals surface area contributed by atoms with Gasteiger partial charge in [0.25, 0.3) is 5.91 Å². The van der Waals surface area contributed by atoms with Crippen LogP contribution in [-0.2, 0) is 4.79 Å². The van der Waals surface area contributed by atoms with Crippen molar-refractivity contribution in [1.29, 1.82) is 0 Å². The van der Waals surface area contributed by atoms with Crippen molar-refractivity contribution in [3.63, 3.8) is 0 Å². The minimum Gasteiger partial charge on any atom is -0.456 e. The van der Waals surface area contributed by atoms with Gasteiger partial charge in [-0.25, -0.2) is 0 Å². The third kappa shape index (κ3) is 4.72. The Hall–Kier alpha value is -1.78. The molecule has 0 aliphatic heterocycles. The third-order valence-corrected chi connectivity index (χ3v) is 1.89. The third-order valence-electron chi connectivity index (χ3n) is 1.89. The largest absolute Gasteiger partial charge is 0.456 e. The first-order valence-corrected chi connectivity index (χ1v) is 5.43. The SMILES string of the molecule is Cc1ccc(C(=O)NCC(=O)NC(C)(C)C)o1. The van der Waals surface area contributed by atoms with Crippen LogP contribution in [-0.4, -0.2) is 23.9 Å². The summed E-state index contributed by atoms with van der Waals surface area (Å²) in [5.74, 6) is 0.261. The molecule has 0 fully saturated rings. The van der Waals surface area contributed by atoms with Crippen LogP contribution in [0.4, 0.5) is 0 Å². The van der Waals surface area contributed by atoms with E-state index in [0.717, 1.165) is 0 Å². The van der Waals surface area contributed by atoms with E-state index < -0.39 is 0 Å². The Morgan fingerprint density at radius 3 is 2.41 bits per heavy atom. The first-order valence-electron chi connectivity index (χ1n) is 5.43. The summed E-state index contributed by atoms with van der Waals surface area (Å²) < 4.78 is 5.13. The van der Waals surface area contributed by atoms with Crippen molar-refractivity contribution in [2.24, 2.45) is 0 Å². The second kappa shape index (κ2) is 5.03. The lowest BCUT2D eigenvalue weighted by Gasteiger charge is -2.20. The molecule has 0 saturated heterocycles. The van der Waals surface area contributed by atoms with Crippen LogP contribution in [0.1, 0.15) is 37.1 Å². The smallest absolute Gasteiger partial charge is 0.287 e. The van der Waals surface area contributed by atoms with E-state index >= 15 is 0 Å². The standard InChI is InChI=1S/C12H18N2O3/c1-8-5-6-9(17-8)11(16)13-7-10(15)14-12(2,3)4/h5-6H,7H2,1-4H3,(H,13,16)(H,14,15). The topological polar surface area (TPSA) is 71.3 Å². The van der Waals surface area contributed by atoms with Crippen LogP contribution < -0.4 is 10.6 Å². The van der Waals surface area contributed by atoms with E-state index in [2.05, 4.69) is 10.6 Å². The fraction of sp³-hybridized carbons (Fsp3) is 0.500. The van der Waals surface area contributed by atoms with Gasteiger partial charge in [0.2, 0.25) is 5.91 Å². The zero-order valence-electron chi connectivity index (χ0n) is 10.6. The predicted octanol–water partition coefficient (Wildman–Crippen LogP) is 1.23. The molecule has 1 rings (SSSR count). The monoisotopic (exact) mass is 238 g/mol. The number of carbonyl (C=O) groups excluding carboxylic acids is 2. The summed E-state index contributed by atoms with van der Waals surface area (Å²) >= 11 is 0. The molecule has 0 radical (unpaired) electrons. The highest BCUT2D eigenvalue weighted by molar-refractivity contribution is 5.94. The average molecular weight is 238 g/mol. The number of hydrogen-bond acceptors (Lipinski definition) is 3. The van der Waals surface area contributed by atoms with Crippen molar-refractivity contribution in [1.82, 2.24) is 10.6 Å². The summed E-state index contributed by atoms with van der Waals surface area (Å²) in [4.78, 5) is 23.0. The molecule has 2 N–H and O–H groups in total. The molecule has 17 heavy (non-hydrogen) atoms. The normalized spacial score (nSPS) is 11.1. The summed E-state index contributed by atoms with van der Waals surface area (Å²) in [6.45, 7) is 7.33.